The lowest BCUT2D eigenvalue weighted by Gasteiger charge is -2.00. The third kappa shape index (κ3) is 4.45. The average Bonchev–Trinajstić information content (AvgIpc) is 2.29. The monoisotopic (exact) mass is 202 g/mol. The minimum atomic E-state index is 0.485. The normalized spacial score (nSPS) is 10.5. The van der Waals surface area contributed by atoms with E-state index in [1.807, 2.05) is 30.3 Å². The molecule has 0 saturated heterocycles. The topological polar surface area (TPSA) is 21.6 Å². The molecule has 0 fully saturated rings. The first-order valence-corrected chi connectivity index (χ1v) is 5.13. The highest BCUT2D eigenvalue weighted by Gasteiger charge is 1.93. The van der Waals surface area contributed by atoms with E-state index in [-0.39, 0.29) is 0 Å². The van der Waals surface area contributed by atoms with E-state index in [1.54, 1.807) is 0 Å². The molecule has 15 heavy (non-hydrogen) atoms. The molecule has 2 heteroatoms. The van der Waals surface area contributed by atoms with Gasteiger partial charge in [0.2, 0.25) is 0 Å². The van der Waals surface area contributed by atoms with Gasteiger partial charge in [-0.15, -0.1) is 0 Å². The summed E-state index contributed by atoms with van der Waals surface area (Å²) in [7, 11) is 0. The molecule has 0 aliphatic heterocycles. The lowest BCUT2D eigenvalue weighted by atomic mass is 10.1. The Morgan fingerprint density at radius 2 is 2.40 bits per heavy atom. The molecule has 0 N–H and O–H groups in total. The molecule has 0 atom stereocenters. The van der Waals surface area contributed by atoms with Crippen LogP contribution in [0.5, 0.6) is 0 Å². The van der Waals surface area contributed by atoms with Gasteiger partial charge >= 0.3 is 0 Å². The van der Waals surface area contributed by atoms with Gasteiger partial charge in [-0.3, -0.25) is 0 Å². The number of hydrogen-bond acceptors (Lipinski definition) is 2. The zero-order valence-electron chi connectivity index (χ0n) is 9.07. The number of unbranched alkanes of at least 4 members (excludes halogenated alkanes) is 1. The molecular formula is C13H16NO. The Bertz CT molecular complexity index is 331. The summed E-state index contributed by atoms with van der Waals surface area (Å²) >= 11 is 0. The first-order valence-electron chi connectivity index (χ1n) is 5.13. The van der Waals surface area contributed by atoms with Crippen LogP contribution >= 0.6 is 0 Å². The van der Waals surface area contributed by atoms with E-state index >= 15 is 0 Å². The zero-order chi connectivity index (χ0) is 10.9. The third-order valence-corrected chi connectivity index (χ3v) is 1.91. The molecule has 1 aromatic carbocycles. The van der Waals surface area contributed by atoms with Crippen molar-refractivity contribution in [1.82, 2.24) is 0 Å². The summed E-state index contributed by atoms with van der Waals surface area (Å²) in [6, 6.07) is 8.02. The van der Waals surface area contributed by atoms with Crippen molar-refractivity contribution in [2.45, 2.75) is 26.4 Å². The fourth-order valence-corrected chi connectivity index (χ4v) is 1.12. The second kappa shape index (κ2) is 6.82. The van der Waals surface area contributed by atoms with Crippen LogP contribution in [0.1, 0.15) is 30.9 Å². The van der Waals surface area contributed by atoms with E-state index in [0.29, 0.717) is 6.61 Å². The Morgan fingerprint density at radius 3 is 3.13 bits per heavy atom. The molecule has 0 spiro atoms. The average molecular weight is 202 g/mol. The highest BCUT2D eigenvalue weighted by molar-refractivity contribution is 5.56. The summed E-state index contributed by atoms with van der Waals surface area (Å²) < 4.78 is 0. The lowest BCUT2D eigenvalue weighted by molar-refractivity contribution is 0.131. The summed E-state index contributed by atoms with van der Waals surface area (Å²) in [6.07, 6.45) is 6.51. The Labute approximate surface area is 91.3 Å². The molecule has 2 nitrogen and oxygen atoms in total. The highest BCUT2D eigenvalue weighted by atomic mass is 16.6. The lowest BCUT2D eigenvalue weighted by Crippen LogP contribution is -1.88. The van der Waals surface area contributed by atoms with Crippen molar-refractivity contribution in [1.29, 1.82) is 0 Å². The number of hydrogen-bond donors (Lipinski definition) is 0. The zero-order valence-corrected chi connectivity index (χ0v) is 9.07. The van der Waals surface area contributed by atoms with E-state index in [2.05, 4.69) is 24.9 Å². The van der Waals surface area contributed by atoms with Crippen LogP contribution in [0, 0.1) is 0 Å². The smallest absolute Gasteiger partial charge is 0.142 e. The Hall–Kier alpha value is -1.57. The van der Waals surface area contributed by atoms with Gasteiger partial charge in [-0.25, -0.2) is 0 Å². The fraction of sp³-hybridized carbons (Fsp3) is 0.308. The van der Waals surface area contributed by atoms with Crippen molar-refractivity contribution in [3.63, 3.8) is 0 Å². The molecule has 0 aliphatic carbocycles. The van der Waals surface area contributed by atoms with E-state index in [1.165, 1.54) is 0 Å². The summed E-state index contributed by atoms with van der Waals surface area (Å²) in [5.74, 6) is 0. The van der Waals surface area contributed by atoms with Crippen LogP contribution in [-0.2, 0) is 11.4 Å². The van der Waals surface area contributed by atoms with Gasteiger partial charge in [0, 0.05) is 0 Å². The van der Waals surface area contributed by atoms with E-state index in [9.17, 15) is 0 Å². The quantitative estimate of drug-likeness (QED) is 0.511. The molecule has 0 saturated carbocycles. The van der Waals surface area contributed by atoms with Gasteiger partial charge < -0.3 is 4.84 Å². The Balaban J connectivity index is 2.40. The van der Waals surface area contributed by atoms with Gasteiger partial charge in [0.15, 0.2) is 0 Å². The maximum absolute atomic E-state index is 5.10. The van der Waals surface area contributed by atoms with E-state index < -0.39 is 0 Å². The Kier molecular flexibility index (Phi) is 5.23. The minimum absolute atomic E-state index is 0.485. The van der Waals surface area contributed by atoms with Crippen molar-refractivity contribution in [3.8, 4) is 0 Å². The summed E-state index contributed by atoms with van der Waals surface area (Å²) in [5.41, 5.74) is 2.19. The summed E-state index contributed by atoms with van der Waals surface area (Å²) in [5, 5.41) is 3.74. The second-order valence-electron chi connectivity index (χ2n) is 3.22. The van der Waals surface area contributed by atoms with Crippen LogP contribution in [0.2, 0.25) is 0 Å². The number of rotatable bonds is 6. The van der Waals surface area contributed by atoms with E-state index in [0.717, 1.165) is 24.0 Å². The largest absolute Gasteiger partial charge is 0.391 e. The second-order valence-corrected chi connectivity index (χ2v) is 3.22. The SMILES string of the molecule is C=Cc1cccc(CO/N=[C]/CCC)c1. The predicted octanol–water partition coefficient (Wildman–Crippen LogP) is 3.51. The van der Waals surface area contributed by atoms with Crippen LogP contribution in [0.15, 0.2) is 36.0 Å². The van der Waals surface area contributed by atoms with Gasteiger partial charge in [-0.2, -0.15) is 0 Å². The van der Waals surface area contributed by atoms with Gasteiger partial charge in [0.25, 0.3) is 0 Å². The van der Waals surface area contributed by atoms with Crippen molar-refractivity contribution in [2.24, 2.45) is 5.16 Å². The maximum Gasteiger partial charge on any atom is 0.142 e. The van der Waals surface area contributed by atoms with Gasteiger partial charge in [-0.1, -0.05) is 49.4 Å². The van der Waals surface area contributed by atoms with Gasteiger partial charge in [-0.05, 0) is 23.6 Å². The van der Waals surface area contributed by atoms with Crippen molar-refractivity contribution < 1.29 is 4.84 Å². The van der Waals surface area contributed by atoms with Crippen LogP contribution < -0.4 is 0 Å². The van der Waals surface area contributed by atoms with Crippen molar-refractivity contribution in [2.75, 3.05) is 0 Å². The fourth-order valence-electron chi connectivity index (χ4n) is 1.12. The number of nitrogens with zero attached hydrogens (tertiary/aromatic N) is 1. The molecule has 0 unspecified atom stereocenters. The molecule has 1 radical (unpaired) electrons. The predicted molar refractivity (Wildman–Crippen MR) is 63.7 cm³/mol. The summed E-state index contributed by atoms with van der Waals surface area (Å²) in [4.78, 5) is 5.10. The molecule has 0 aliphatic rings. The molecule has 0 bridgehead atoms. The Morgan fingerprint density at radius 1 is 1.53 bits per heavy atom. The van der Waals surface area contributed by atoms with Crippen LogP contribution in [0.25, 0.3) is 6.08 Å². The maximum atomic E-state index is 5.10. The molecule has 0 aromatic heterocycles. The standard InChI is InChI=1S/C13H16NO/c1-3-5-9-14-15-11-13-8-6-7-12(4-2)10-13/h4,6-8,10H,2-3,5,11H2,1H3. The van der Waals surface area contributed by atoms with Crippen molar-refractivity contribution >= 4 is 12.3 Å². The highest BCUT2D eigenvalue weighted by Crippen LogP contribution is 2.07. The first kappa shape index (κ1) is 11.5. The van der Waals surface area contributed by atoms with Gasteiger partial charge in [0.1, 0.15) is 12.8 Å². The van der Waals surface area contributed by atoms with Crippen LogP contribution in [-0.4, -0.2) is 6.21 Å². The molecule has 79 valence electrons. The minimum Gasteiger partial charge on any atom is -0.391 e. The molecular weight excluding hydrogens is 186 g/mol. The summed E-state index contributed by atoms with van der Waals surface area (Å²) in [6.45, 7) is 6.28. The molecule has 1 aromatic rings. The van der Waals surface area contributed by atoms with Crippen LogP contribution in [0.4, 0.5) is 0 Å². The van der Waals surface area contributed by atoms with E-state index in [4.69, 9.17) is 4.84 Å². The molecule has 0 heterocycles. The van der Waals surface area contributed by atoms with Crippen LogP contribution in [0.3, 0.4) is 0 Å². The molecule has 0 amide bonds. The number of benzene rings is 1. The first-order chi connectivity index (χ1) is 7.36. The van der Waals surface area contributed by atoms with Crippen molar-refractivity contribution in [3.05, 3.63) is 42.0 Å². The third-order valence-electron chi connectivity index (χ3n) is 1.91. The molecule has 1 rings (SSSR count). The van der Waals surface area contributed by atoms with Gasteiger partial charge in [0.05, 0.1) is 0 Å².